The Morgan fingerprint density at radius 3 is 0.667 bits per heavy atom. The molecule has 2 aliphatic heterocycles. The number of H-pyrrole nitrogens is 2. The Balaban J connectivity index is 1.03. The summed E-state index contributed by atoms with van der Waals surface area (Å²) in [4.78, 5) is 50.9. The van der Waals surface area contributed by atoms with Gasteiger partial charge in [-0.2, -0.15) is 0 Å². The zero-order valence-corrected chi connectivity index (χ0v) is 60.1. The molecule has 2 aliphatic rings. The van der Waals surface area contributed by atoms with Crippen LogP contribution in [0.3, 0.4) is 0 Å². The quantitative estimate of drug-likeness (QED) is 0.0730. The van der Waals surface area contributed by atoms with Crippen LogP contribution in [-0.2, 0) is 0 Å². The summed E-state index contributed by atoms with van der Waals surface area (Å²) < 4.78 is 46.0. The molecule has 3 aromatic heterocycles. The van der Waals surface area contributed by atoms with Gasteiger partial charge in [0.2, 0.25) is 0 Å². The van der Waals surface area contributed by atoms with E-state index in [-0.39, 0.29) is 0 Å². The SMILES string of the molecule is COc1ccc(N(c2ccc(OC)cc2)c2cccc3c2-c2nc-3nc3[nH]c(nc4nc(nc5[nH]c(n2)c2cccc(N(c6ccc(OC)cc6)c6ccc(OC)cc6)c52)-c2cccc(N(c5ccc(OC)cc5)c5ccc(OC)cc5)c2-4)c2cccc(N(c4ccc(OC)cc4)c4ccc(OC)cc4)c32)cc1. The Morgan fingerprint density at radius 2 is 0.426 bits per heavy atom. The van der Waals surface area contributed by atoms with Crippen LogP contribution in [0.5, 0.6) is 46.0 Å². The molecule has 12 aromatic carbocycles. The van der Waals surface area contributed by atoms with Gasteiger partial charge in [0, 0.05) is 67.4 Å². The van der Waals surface area contributed by atoms with Gasteiger partial charge in [0.15, 0.2) is 23.3 Å². The van der Waals surface area contributed by atoms with Gasteiger partial charge in [-0.15, -0.1) is 0 Å². The number of hydrogen-bond acceptors (Lipinski definition) is 18. The predicted octanol–water partition coefficient (Wildman–Crippen LogP) is 20.8. The molecule has 15 aromatic rings. The summed E-state index contributed by atoms with van der Waals surface area (Å²) in [6.07, 6.45) is 0. The van der Waals surface area contributed by atoms with E-state index in [4.69, 9.17) is 67.8 Å². The molecule has 17 rings (SSSR count). The lowest BCUT2D eigenvalue weighted by molar-refractivity contribution is 0.414. The molecular weight excluding hydrogens is 1350 g/mol. The molecule has 0 spiro atoms. The number of nitrogens with zero attached hydrogens (tertiary/aromatic N) is 10. The minimum atomic E-state index is 0.362. The molecule has 5 heterocycles. The van der Waals surface area contributed by atoms with Crippen molar-refractivity contribution in [3.63, 3.8) is 0 Å². The van der Waals surface area contributed by atoms with Gasteiger partial charge in [-0.1, -0.05) is 48.5 Å². The van der Waals surface area contributed by atoms with Crippen LogP contribution in [0, 0.1) is 0 Å². The Bertz CT molecular complexity index is 5480. The number of rotatable bonds is 20. The minimum Gasteiger partial charge on any atom is -0.497 e. The molecule has 108 heavy (non-hydrogen) atoms. The summed E-state index contributed by atoms with van der Waals surface area (Å²) in [6, 6.07) is 88.5. The lowest BCUT2D eigenvalue weighted by atomic mass is 10.0. The van der Waals surface area contributed by atoms with Gasteiger partial charge in [-0.05, 0) is 218 Å². The number of anilines is 12. The maximum atomic E-state index is 5.80. The first-order valence-electron chi connectivity index (χ1n) is 34.8. The normalized spacial score (nSPS) is 11.3. The van der Waals surface area contributed by atoms with Crippen molar-refractivity contribution in [1.82, 2.24) is 39.9 Å². The fourth-order valence-electron chi connectivity index (χ4n) is 14.2. The number of benzene rings is 12. The molecule has 0 saturated heterocycles. The van der Waals surface area contributed by atoms with Crippen molar-refractivity contribution in [3.8, 4) is 91.5 Å². The van der Waals surface area contributed by atoms with Crippen molar-refractivity contribution < 1.29 is 37.9 Å². The summed E-state index contributed by atoms with van der Waals surface area (Å²) in [7, 11) is 13.3. The van der Waals surface area contributed by atoms with E-state index < -0.39 is 0 Å². The third-order valence-electron chi connectivity index (χ3n) is 19.5. The molecular formula is C88H70N12O8. The van der Waals surface area contributed by atoms with E-state index in [1.807, 2.05) is 231 Å². The molecule has 530 valence electrons. The Morgan fingerprint density at radius 1 is 0.213 bits per heavy atom. The number of ether oxygens (including phenoxy) is 8. The first-order valence-corrected chi connectivity index (χ1v) is 34.8. The number of nitrogens with one attached hydrogen (secondary N) is 2. The van der Waals surface area contributed by atoms with E-state index in [2.05, 4.69) is 66.0 Å². The molecule has 0 fully saturated rings. The van der Waals surface area contributed by atoms with Gasteiger partial charge in [-0.25, -0.2) is 29.9 Å². The third kappa shape index (κ3) is 12.1. The van der Waals surface area contributed by atoms with Crippen molar-refractivity contribution >= 4 is 112 Å². The van der Waals surface area contributed by atoms with E-state index in [0.29, 0.717) is 114 Å². The summed E-state index contributed by atoms with van der Waals surface area (Å²) in [5, 5.41) is 2.90. The van der Waals surface area contributed by atoms with Crippen molar-refractivity contribution in [2.24, 2.45) is 0 Å². The highest BCUT2D eigenvalue weighted by molar-refractivity contribution is 6.16. The number of aromatic amines is 2. The first-order chi connectivity index (χ1) is 53.1. The Hall–Kier alpha value is -14.4. The van der Waals surface area contributed by atoms with E-state index in [9.17, 15) is 0 Å². The van der Waals surface area contributed by atoms with Gasteiger partial charge in [0.05, 0.1) is 102 Å². The van der Waals surface area contributed by atoms with Gasteiger partial charge < -0.3 is 67.5 Å². The zero-order valence-electron chi connectivity index (χ0n) is 60.1. The lowest BCUT2D eigenvalue weighted by Crippen LogP contribution is -2.11. The van der Waals surface area contributed by atoms with Gasteiger partial charge in [-0.3, -0.25) is 0 Å². The van der Waals surface area contributed by atoms with E-state index >= 15 is 0 Å². The van der Waals surface area contributed by atoms with Crippen LogP contribution in [0.25, 0.3) is 89.7 Å². The van der Waals surface area contributed by atoms with Crippen LogP contribution in [0.2, 0.25) is 0 Å². The summed E-state index contributed by atoms with van der Waals surface area (Å²) in [5.74, 6) is 7.07. The first kappa shape index (κ1) is 66.8. The zero-order chi connectivity index (χ0) is 73.5. The molecule has 0 unspecified atom stereocenters. The van der Waals surface area contributed by atoms with Crippen LogP contribution in [0.1, 0.15) is 0 Å². The molecule has 0 atom stereocenters. The molecule has 8 bridgehead atoms. The fraction of sp³-hybridized carbons (Fsp3) is 0.0909. The second kappa shape index (κ2) is 28.3. The van der Waals surface area contributed by atoms with Crippen molar-refractivity contribution in [3.05, 3.63) is 267 Å². The maximum Gasteiger partial charge on any atom is 0.166 e. The second-order valence-corrected chi connectivity index (χ2v) is 25.3. The van der Waals surface area contributed by atoms with Gasteiger partial charge in [0.25, 0.3) is 0 Å². The number of hydrogen-bond donors (Lipinski definition) is 2. The summed E-state index contributed by atoms with van der Waals surface area (Å²) >= 11 is 0. The lowest BCUT2D eigenvalue weighted by Gasteiger charge is -2.27. The highest BCUT2D eigenvalue weighted by Crippen LogP contribution is 2.52. The van der Waals surface area contributed by atoms with Crippen LogP contribution < -0.4 is 57.5 Å². The van der Waals surface area contributed by atoms with E-state index in [0.717, 1.165) is 89.8 Å². The van der Waals surface area contributed by atoms with Crippen LogP contribution >= 0.6 is 0 Å². The van der Waals surface area contributed by atoms with Crippen molar-refractivity contribution in [2.45, 2.75) is 0 Å². The summed E-state index contributed by atoms with van der Waals surface area (Å²) in [6.45, 7) is 0. The molecule has 2 N–H and O–H groups in total. The molecule has 0 aliphatic carbocycles. The predicted molar refractivity (Wildman–Crippen MR) is 427 cm³/mol. The topological polar surface area (TPSA) is 196 Å². The highest BCUT2D eigenvalue weighted by atomic mass is 16.5. The Kier molecular flexibility index (Phi) is 17.5. The van der Waals surface area contributed by atoms with Crippen molar-refractivity contribution in [1.29, 1.82) is 0 Å². The third-order valence-corrected chi connectivity index (χ3v) is 19.5. The van der Waals surface area contributed by atoms with E-state index in [1.54, 1.807) is 56.9 Å². The monoisotopic (exact) mass is 1420 g/mol. The Labute approximate surface area is 621 Å². The van der Waals surface area contributed by atoms with E-state index in [1.165, 1.54) is 0 Å². The minimum absolute atomic E-state index is 0.362. The highest BCUT2D eigenvalue weighted by Gasteiger charge is 2.32. The summed E-state index contributed by atoms with van der Waals surface area (Å²) in [5.41, 5.74) is 14.3. The molecule has 20 nitrogen and oxygen atoms in total. The standard InChI is InChI=1S/C88H70N12O8/c1-101-61-37-21-53(22-38-61)97(54-23-39-62(102-2)40-24-54)73-17-9-13-69-77(73)85-89-81(69)94-86-79-71(15-11-19-75(79)99(57-29-45-65(105-5)46-30-57)58-31-47-66(106-6)48-32-58)83(91-86)96-88-80-72(16-12-20-76(80)100(59-33-49-67(107-7)50-34-59)60-35-51-68(108-8)52-36-60)84(92-88)95-87-78-70(82(90-87)93-85)14-10-18-74(78)98(55-25-41-63(103-3)42-26-55)56-27-43-64(104-4)44-28-56/h9-52H,1-8H3,(H2,89,90,91,92,93,94,95,96). The van der Waals surface area contributed by atoms with Crippen molar-refractivity contribution in [2.75, 3.05) is 76.5 Å². The van der Waals surface area contributed by atoms with Crippen LogP contribution in [0.4, 0.5) is 68.2 Å². The molecule has 20 heteroatoms. The molecule has 0 amide bonds. The van der Waals surface area contributed by atoms with Crippen LogP contribution in [0.15, 0.2) is 267 Å². The van der Waals surface area contributed by atoms with Gasteiger partial charge >= 0.3 is 0 Å². The number of methoxy groups -OCH3 is 8. The van der Waals surface area contributed by atoms with Crippen LogP contribution in [-0.4, -0.2) is 96.8 Å². The average molecular weight is 1420 g/mol. The average Bonchev–Trinajstić information content (AvgIpc) is 1.58. The largest absolute Gasteiger partial charge is 0.497 e. The smallest absolute Gasteiger partial charge is 0.166 e. The maximum absolute atomic E-state index is 5.80. The fourth-order valence-corrected chi connectivity index (χ4v) is 14.2. The van der Waals surface area contributed by atoms with Gasteiger partial charge in [0.1, 0.15) is 68.6 Å². The second-order valence-electron chi connectivity index (χ2n) is 25.3. The molecule has 0 saturated carbocycles. The number of aromatic nitrogens is 8. The number of fused-ring (bicyclic) bond motifs is 20. The molecule has 0 radical (unpaired) electrons.